The van der Waals surface area contributed by atoms with E-state index in [4.69, 9.17) is 11.6 Å². The quantitative estimate of drug-likeness (QED) is 0.429. The lowest BCUT2D eigenvalue weighted by atomic mass is 10.2. The maximum Gasteiger partial charge on any atom is 0.264 e. The minimum Gasteiger partial charge on any atom is -0.339 e. The van der Waals surface area contributed by atoms with Crippen molar-refractivity contribution in [2.75, 3.05) is 43.6 Å². The summed E-state index contributed by atoms with van der Waals surface area (Å²) >= 11 is 6.11. The molecule has 0 aliphatic carbocycles. The second kappa shape index (κ2) is 11.7. The Bertz CT molecular complexity index is 1310. The van der Waals surface area contributed by atoms with Gasteiger partial charge in [0.15, 0.2) is 0 Å². The second-order valence-corrected chi connectivity index (χ2v) is 11.0. The van der Waals surface area contributed by atoms with Gasteiger partial charge in [-0.2, -0.15) is 0 Å². The number of rotatable bonds is 8. The Morgan fingerprint density at radius 2 is 1.58 bits per heavy atom. The number of hydrogen-bond donors (Lipinski definition) is 0. The summed E-state index contributed by atoms with van der Waals surface area (Å²) in [7, 11) is -3.95. The first kappa shape index (κ1) is 25.9. The van der Waals surface area contributed by atoms with Crippen molar-refractivity contribution in [1.82, 2.24) is 9.80 Å². The molecule has 0 saturated carbocycles. The third kappa shape index (κ3) is 6.35. The van der Waals surface area contributed by atoms with E-state index in [0.29, 0.717) is 29.4 Å². The summed E-state index contributed by atoms with van der Waals surface area (Å²) in [5, 5.41) is 0.511. The molecule has 1 fully saturated rings. The molecule has 0 unspecified atom stereocenters. The Balaban J connectivity index is 1.44. The maximum atomic E-state index is 13.6. The minimum absolute atomic E-state index is 0.141. The fourth-order valence-corrected chi connectivity index (χ4v) is 5.95. The molecule has 36 heavy (non-hydrogen) atoms. The van der Waals surface area contributed by atoms with Gasteiger partial charge in [-0.25, -0.2) is 8.42 Å². The molecule has 1 heterocycles. The summed E-state index contributed by atoms with van der Waals surface area (Å²) in [4.78, 5) is 17.5. The van der Waals surface area contributed by atoms with Crippen LogP contribution in [0.5, 0.6) is 0 Å². The van der Waals surface area contributed by atoms with E-state index < -0.39 is 10.0 Å². The lowest BCUT2D eigenvalue weighted by Gasteiger charge is -2.35. The first-order chi connectivity index (χ1) is 17.3. The van der Waals surface area contributed by atoms with Crippen molar-refractivity contribution in [2.24, 2.45) is 0 Å². The zero-order valence-corrected chi connectivity index (χ0v) is 21.8. The molecule has 0 spiro atoms. The molecule has 8 heteroatoms. The van der Waals surface area contributed by atoms with Crippen LogP contribution >= 0.6 is 11.6 Å². The first-order valence-corrected chi connectivity index (χ1v) is 13.7. The van der Waals surface area contributed by atoms with Crippen LogP contribution in [0.3, 0.4) is 0 Å². The van der Waals surface area contributed by atoms with Gasteiger partial charge in [0.05, 0.1) is 10.6 Å². The normalized spacial score (nSPS) is 14.8. The summed E-state index contributed by atoms with van der Waals surface area (Å²) in [6, 6.07) is 23.3. The number of nitrogens with zero attached hydrogens (tertiary/aromatic N) is 3. The number of piperazine rings is 1. The highest BCUT2D eigenvalue weighted by molar-refractivity contribution is 7.92. The number of benzene rings is 3. The van der Waals surface area contributed by atoms with Gasteiger partial charge in [0.25, 0.3) is 10.0 Å². The zero-order valence-electron chi connectivity index (χ0n) is 20.3. The molecule has 0 atom stereocenters. The van der Waals surface area contributed by atoms with E-state index in [1.54, 1.807) is 60.4 Å². The predicted molar refractivity (Wildman–Crippen MR) is 146 cm³/mol. The largest absolute Gasteiger partial charge is 0.339 e. The molecular weight excluding hydrogens is 494 g/mol. The van der Waals surface area contributed by atoms with Crippen molar-refractivity contribution in [2.45, 2.75) is 11.8 Å². The molecule has 3 aromatic carbocycles. The van der Waals surface area contributed by atoms with Crippen LogP contribution in [0.1, 0.15) is 11.1 Å². The third-order valence-electron chi connectivity index (χ3n) is 6.24. The van der Waals surface area contributed by atoms with Crippen LogP contribution < -0.4 is 4.31 Å². The Kier molecular flexibility index (Phi) is 8.46. The van der Waals surface area contributed by atoms with E-state index in [0.717, 1.165) is 25.2 Å². The molecule has 0 bridgehead atoms. The number of amides is 1. The summed E-state index contributed by atoms with van der Waals surface area (Å²) in [6.07, 6.45) is 4.22. The summed E-state index contributed by atoms with van der Waals surface area (Å²) in [5.74, 6) is -0.219. The lowest BCUT2D eigenvalue weighted by molar-refractivity contribution is -0.131. The standard InChI is InChI=1S/C28H30ClN3O3S/c1-23-21-25(29)14-15-27(23)32(36(34,35)26-12-6-3-7-13-26)22-28(33)31-19-17-30(18-20-31)16-8-11-24-9-4-2-5-10-24/h2-15,21H,16-20,22H2,1H3/b11-8+. The van der Waals surface area contributed by atoms with Crippen LogP contribution in [0.4, 0.5) is 5.69 Å². The Morgan fingerprint density at radius 3 is 2.22 bits per heavy atom. The van der Waals surface area contributed by atoms with Crippen molar-refractivity contribution in [3.8, 4) is 0 Å². The van der Waals surface area contributed by atoms with E-state index >= 15 is 0 Å². The number of hydrogen-bond acceptors (Lipinski definition) is 4. The molecule has 1 amide bonds. The molecule has 1 aliphatic rings. The highest BCUT2D eigenvalue weighted by Gasteiger charge is 2.31. The highest BCUT2D eigenvalue weighted by Crippen LogP contribution is 2.29. The fraction of sp³-hybridized carbons (Fsp3) is 0.250. The average molecular weight is 524 g/mol. The van der Waals surface area contributed by atoms with Crippen LogP contribution in [-0.2, 0) is 14.8 Å². The van der Waals surface area contributed by atoms with E-state index in [9.17, 15) is 13.2 Å². The van der Waals surface area contributed by atoms with Gasteiger partial charge >= 0.3 is 0 Å². The average Bonchev–Trinajstić information content (AvgIpc) is 2.89. The van der Waals surface area contributed by atoms with Crippen molar-refractivity contribution >= 4 is 39.3 Å². The molecule has 6 nitrogen and oxygen atoms in total. The molecule has 188 valence electrons. The van der Waals surface area contributed by atoms with Crippen molar-refractivity contribution in [1.29, 1.82) is 0 Å². The monoisotopic (exact) mass is 523 g/mol. The van der Waals surface area contributed by atoms with Crippen molar-refractivity contribution < 1.29 is 13.2 Å². The van der Waals surface area contributed by atoms with Gasteiger partial charge in [-0.05, 0) is 48.4 Å². The smallest absolute Gasteiger partial charge is 0.264 e. The minimum atomic E-state index is -3.95. The van der Waals surface area contributed by atoms with E-state index in [2.05, 4.69) is 29.2 Å². The van der Waals surface area contributed by atoms with Gasteiger partial charge in [0.2, 0.25) is 5.91 Å². The van der Waals surface area contributed by atoms with Gasteiger partial charge in [-0.15, -0.1) is 0 Å². The Morgan fingerprint density at radius 1 is 0.944 bits per heavy atom. The first-order valence-electron chi connectivity index (χ1n) is 11.9. The third-order valence-corrected chi connectivity index (χ3v) is 8.25. The topological polar surface area (TPSA) is 60.9 Å². The number of carbonyl (C=O) groups is 1. The summed E-state index contributed by atoms with van der Waals surface area (Å²) < 4.78 is 28.4. The van der Waals surface area contributed by atoms with Gasteiger partial charge in [0.1, 0.15) is 6.54 Å². The SMILES string of the molecule is Cc1cc(Cl)ccc1N(CC(=O)N1CCN(C/C=C/c2ccccc2)CC1)S(=O)(=O)c1ccccc1. The van der Waals surface area contributed by atoms with Gasteiger partial charge in [-0.3, -0.25) is 14.0 Å². The van der Waals surface area contributed by atoms with Crippen LogP contribution in [0, 0.1) is 6.92 Å². The number of aryl methyl sites for hydroxylation is 1. The highest BCUT2D eigenvalue weighted by atomic mass is 35.5. The lowest BCUT2D eigenvalue weighted by Crippen LogP contribution is -2.51. The zero-order chi connectivity index (χ0) is 25.5. The Hall–Kier alpha value is -3.13. The second-order valence-electron chi connectivity index (χ2n) is 8.75. The molecule has 0 aromatic heterocycles. The number of carbonyl (C=O) groups excluding carboxylic acids is 1. The van der Waals surface area contributed by atoms with Crippen LogP contribution in [0.25, 0.3) is 6.08 Å². The Labute approximate surface area is 218 Å². The maximum absolute atomic E-state index is 13.6. The van der Waals surface area contributed by atoms with Crippen molar-refractivity contribution in [3.05, 3.63) is 101 Å². The number of sulfonamides is 1. The molecule has 0 radical (unpaired) electrons. The molecule has 1 aliphatic heterocycles. The van der Waals surface area contributed by atoms with Gasteiger partial charge in [-0.1, -0.05) is 72.3 Å². The van der Waals surface area contributed by atoms with Gasteiger partial charge < -0.3 is 4.90 Å². The molecule has 3 aromatic rings. The summed E-state index contributed by atoms with van der Waals surface area (Å²) in [6.45, 7) is 4.89. The number of halogens is 1. The predicted octanol–water partition coefficient (Wildman–Crippen LogP) is 4.70. The van der Waals surface area contributed by atoms with Crippen LogP contribution in [-0.4, -0.2) is 63.4 Å². The van der Waals surface area contributed by atoms with E-state index in [1.165, 1.54) is 4.31 Å². The molecular formula is C28H30ClN3O3S. The molecule has 1 saturated heterocycles. The van der Waals surface area contributed by atoms with E-state index in [1.807, 2.05) is 18.2 Å². The van der Waals surface area contributed by atoms with E-state index in [-0.39, 0.29) is 17.3 Å². The summed E-state index contributed by atoms with van der Waals surface area (Å²) in [5.41, 5.74) is 2.29. The molecule has 4 rings (SSSR count). The fourth-order valence-electron chi connectivity index (χ4n) is 4.22. The molecule has 0 N–H and O–H groups in total. The van der Waals surface area contributed by atoms with Crippen LogP contribution in [0.15, 0.2) is 89.8 Å². The van der Waals surface area contributed by atoms with Crippen molar-refractivity contribution in [3.63, 3.8) is 0 Å². The number of anilines is 1. The van der Waals surface area contributed by atoms with Gasteiger partial charge in [0, 0.05) is 37.7 Å². The van der Waals surface area contributed by atoms with Crippen LogP contribution in [0.2, 0.25) is 5.02 Å².